The van der Waals surface area contributed by atoms with Gasteiger partial charge in [-0.3, -0.25) is 4.79 Å². The molecule has 31 heavy (non-hydrogen) atoms. The highest BCUT2D eigenvalue weighted by Gasteiger charge is 2.09. The number of carboxylic acids is 1. The van der Waals surface area contributed by atoms with Crippen LogP contribution in [0.2, 0.25) is 0 Å². The summed E-state index contributed by atoms with van der Waals surface area (Å²) < 4.78 is 17.1. The number of rotatable bonds is 10. The number of aromatic amines is 1. The van der Waals surface area contributed by atoms with Crippen LogP contribution in [0.3, 0.4) is 0 Å². The number of fused-ring (bicyclic) bond motifs is 1. The first-order valence-electron chi connectivity index (χ1n) is 9.79. The maximum absolute atomic E-state index is 10.9. The molecule has 0 atom stereocenters. The van der Waals surface area contributed by atoms with Gasteiger partial charge in [-0.05, 0) is 42.5 Å². The number of carboxylic acid groups (broad SMARTS) is 1. The van der Waals surface area contributed by atoms with E-state index in [2.05, 4.69) is 9.97 Å². The minimum Gasteiger partial charge on any atom is -0.493 e. The standard InChI is InChI=1S/C23H22N2O5S/c1-28-21-13-15(23-24-7-10-31-23)3-6-20(21)30-9-2-8-29-18-4-5-19-16(12-18)11-17(25-19)14-22(26)27/h3-7,10-13,25H,2,8-9,14H2,1H3,(H,26,27). The number of benzene rings is 2. The molecule has 0 saturated heterocycles. The molecule has 0 fully saturated rings. The van der Waals surface area contributed by atoms with Gasteiger partial charge in [0.15, 0.2) is 11.5 Å². The minimum atomic E-state index is -0.863. The molecule has 0 saturated carbocycles. The highest BCUT2D eigenvalue weighted by atomic mass is 32.1. The third-order valence-corrected chi connectivity index (χ3v) is 5.47. The number of hydrogen-bond donors (Lipinski definition) is 2. The Morgan fingerprint density at radius 3 is 2.74 bits per heavy atom. The monoisotopic (exact) mass is 438 g/mol. The van der Waals surface area contributed by atoms with Gasteiger partial charge >= 0.3 is 5.97 Å². The lowest BCUT2D eigenvalue weighted by Crippen LogP contribution is -2.05. The van der Waals surface area contributed by atoms with Crippen molar-refractivity contribution in [2.75, 3.05) is 20.3 Å². The fourth-order valence-electron chi connectivity index (χ4n) is 3.24. The van der Waals surface area contributed by atoms with E-state index < -0.39 is 5.97 Å². The van der Waals surface area contributed by atoms with Crippen LogP contribution in [-0.4, -0.2) is 41.4 Å². The number of hydrogen-bond acceptors (Lipinski definition) is 6. The van der Waals surface area contributed by atoms with Crippen molar-refractivity contribution in [2.24, 2.45) is 0 Å². The summed E-state index contributed by atoms with van der Waals surface area (Å²) in [6, 6.07) is 13.3. The van der Waals surface area contributed by atoms with Gasteiger partial charge in [-0.25, -0.2) is 4.98 Å². The molecular formula is C23H22N2O5S. The van der Waals surface area contributed by atoms with Gasteiger partial charge in [-0.1, -0.05) is 0 Å². The third kappa shape index (κ3) is 5.16. The van der Waals surface area contributed by atoms with Crippen molar-refractivity contribution in [2.45, 2.75) is 12.8 Å². The number of aromatic nitrogens is 2. The molecule has 0 aliphatic rings. The number of carbonyl (C=O) groups is 1. The molecule has 8 heteroatoms. The second kappa shape index (κ2) is 9.53. The summed E-state index contributed by atoms with van der Waals surface area (Å²) in [4.78, 5) is 18.3. The SMILES string of the molecule is COc1cc(-c2nccs2)ccc1OCCCOc1ccc2[nH]c(CC(=O)O)cc2c1. The maximum Gasteiger partial charge on any atom is 0.309 e. The van der Waals surface area contributed by atoms with E-state index in [9.17, 15) is 4.79 Å². The van der Waals surface area contributed by atoms with E-state index in [1.807, 2.05) is 47.8 Å². The summed E-state index contributed by atoms with van der Waals surface area (Å²) in [7, 11) is 1.62. The van der Waals surface area contributed by atoms with Crippen LogP contribution >= 0.6 is 11.3 Å². The highest BCUT2D eigenvalue weighted by molar-refractivity contribution is 7.13. The molecule has 0 radical (unpaired) electrons. The molecule has 0 aliphatic heterocycles. The largest absolute Gasteiger partial charge is 0.493 e. The van der Waals surface area contributed by atoms with Gasteiger partial charge in [0.25, 0.3) is 0 Å². The van der Waals surface area contributed by atoms with E-state index in [1.165, 1.54) is 0 Å². The first kappa shape index (κ1) is 20.7. The van der Waals surface area contributed by atoms with Crippen LogP contribution in [0.15, 0.2) is 54.0 Å². The van der Waals surface area contributed by atoms with E-state index in [1.54, 1.807) is 24.6 Å². The van der Waals surface area contributed by atoms with Gasteiger partial charge in [0.05, 0.1) is 26.7 Å². The van der Waals surface area contributed by atoms with Crippen LogP contribution in [0.1, 0.15) is 12.1 Å². The number of nitrogens with zero attached hydrogens (tertiary/aromatic N) is 1. The Labute approximate surface area is 183 Å². The van der Waals surface area contributed by atoms with Crippen molar-refractivity contribution >= 4 is 28.2 Å². The Bertz CT molecular complexity index is 1170. The van der Waals surface area contributed by atoms with Crippen LogP contribution in [0.4, 0.5) is 0 Å². The Hall–Kier alpha value is -3.52. The Balaban J connectivity index is 1.28. The summed E-state index contributed by atoms with van der Waals surface area (Å²) in [5.74, 6) is 1.22. The maximum atomic E-state index is 10.9. The minimum absolute atomic E-state index is 0.0313. The smallest absolute Gasteiger partial charge is 0.309 e. The van der Waals surface area contributed by atoms with E-state index in [0.29, 0.717) is 36.8 Å². The van der Waals surface area contributed by atoms with Crippen molar-refractivity contribution in [3.8, 4) is 27.8 Å². The van der Waals surface area contributed by atoms with Gasteiger partial charge in [0.1, 0.15) is 10.8 Å². The summed E-state index contributed by atoms with van der Waals surface area (Å²) >= 11 is 1.58. The van der Waals surface area contributed by atoms with Crippen molar-refractivity contribution in [1.29, 1.82) is 0 Å². The van der Waals surface area contributed by atoms with Crippen LogP contribution in [0.5, 0.6) is 17.2 Å². The lowest BCUT2D eigenvalue weighted by Gasteiger charge is -2.12. The molecule has 160 valence electrons. The molecule has 7 nitrogen and oxygen atoms in total. The number of aliphatic carboxylic acids is 1. The van der Waals surface area contributed by atoms with Gasteiger partial charge in [-0.2, -0.15) is 0 Å². The number of methoxy groups -OCH3 is 1. The van der Waals surface area contributed by atoms with Crippen LogP contribution in [0.25, 0.3) is 21.5 Å². The van der Waals surface area contributed by atoms with Crippen molar-refractivity contribution in [1.82, 2.24) is 9.97 Å². The quantitative estimate of drug-likeness (QED) is 0.346. The Morgan fingerprint density at radius 1 is 1.10 bits per heavy atom. The summed E-state index contributed by atoms with van der Waals surface area (Å²) in [5, 5.41) is 12.7. The first-order chi connectivity index (χ1) is 15.1. The molecule has 4 rings (SSSR count). The molecule has 2 N–H and O–H groups in total. The first-order valence-corrected chi connectivity index (χ1v) is 10.7. The average Bonchev–Trinajstić information content (AvgIpc) is 3.42. The van der Waals surface area contributed by atoms with E-state index in [0.717, 1.165) is 27.2 Å². The molecular weight excluding hydrogens is 416 g/mol. The summed E-state index contributed by atoms with van der Waals surface area (Å²) in [6.07, 6.45) is 2.45. The normalized spacial score (nSPS) is 10.9. The number of H-pyrrole nitrogens is 1. The fraction of sp³-hybridized carbons (Fsp3) is 0.217. The van der Waals surface area contributed by atoms with Crippen LogP contribution in [0, 0.1) is 0 Å². The van der Waals surface area contributed by atoms with E-state index in [4.69, 9.17) is 19.3 Å². The third-order valence-electron chi connectivity index (χ3n) is 4.65. The topological polar surface area (TPSA) is 93.7 Å². The van der Waals surface area contributed by atoms with Crippen molar-refractivity contribution in [3.05, 3.63) is 59.7 Å². The molecule has 0 spiro atoms. The van der Waals surface area contributed by atoms with Crippen molar-refractivity contribution < 1.29 is 24.1 Å². The van der Waals surface area contributed by atoms with Gasteiger partial charge in [0.2, 0.25) is 0 Å². The van der Waals surface area contributed by atoms with Gasteiger partial charge in [0, 0.05) is 40.2 Å². The molecule has 0 bridgehead atoms. The highest BCUT2D eigenvalue weighted by Crippen LogP contribution is 2.33. The summed E-state index contributed by atoms with van der Waals surface area (Å²) in [6.45, 7) is 0.986. The number of thiazole rings is 1. The predicted octanol–water partition coefficient (Wildman–Crippen LogP) is 4.78. The van der Waals surface area contributed by atoms with Crippen LogP contribution in [-0.2, 0) is 11.2 Å². The molecule has 0 aliphatic carbocycles. The van der Waals surface area contributed by atoms with Crippen LogP contribution < -0.4 is 14.2 Å². The average molecular weight is 439 g/mol. The lowest BCUT2D eigenvalue weighted by molar-refractivity contribution is -0.136. The molecule has 2 aromatic heterocycles. The molecule has 0 amide bonds. The van der Waals surface area contributed by atoms with Gasteiger partial charge in [-0.15, -0.1) is 11.3 Å². The summed E-state index contributed by atoms with van der Waals surface area (Å²) in [5.41, 5.74) is 2.55. The Morgan fingerprint density at radius 2 is 1.97 bits per heavy atom. The second-order valence-corrected chi connectivity index (χ2v) is 7.76. The fourth-order valence-corrected chi connectivity index (χ4v) is 3.87. The number of ether oxygens (including phenoxy) is 3. The second-order valence-electron chi connectivity index (χ2n) is 6.87. The van der Waals surface area contributed by atoms with Crippen molar-refractivity contribution in [3.63, 3.8) is 0 Å². The zero-order valence-electron chi connectivity index (χ0n) is 17.0. The molecule has 0 unspecified atom stereocenters. The van der Waals surface area contributed by atoms with E-state index >= 15 is 0 Å². The van der Waals surface area contributed by atoms with E-state index in [-0.39, 0.29) is 6.42 Å². The number of nitrogens with one attached hydrogen (secondary N) is 1. The molecule has 2 heterocycles. The van der Waals surface area contributed by atoms with Gasteiger partial charge < -0.3 is 24.3 Å². The zero-order chi connectivity index (χ0) is 21.6. The zero-order valence-corrected chi connectivity index (χ0v) is 17.8. The lowest BCUT2D eigenvalue weighted by atomic mass is 10.2. The molecule has 2 aromatic carbocycles. The Kier molecular flexibility index (Phi) is 6.37. The molecule has 4 aromatic rings. The predicted molar refractivity (Wildman–Crippen MR) is 119 cm³/mol.